The smallest absolute Gasteiger partial charge is 0.227 e. The van der Waals surface area contributed by atoms with Crippen molar-refractivity contribution in [2.45, 2.75) is 32.4 Å². The lowest BCUT2D eigenvalue weighted by Gasteiger charge is -2.26. The van der Waals surface area contributed by atoms with Gasteiger partial charge in [0.15, 0.2) is 0 Å². The topological polar surface area (TPSA) is 32.3 Å². The van der Waals surface area contributed by atoms with Crippen LogP contribution in [0.1, 0.15) is 25.3 Å². The first-order chi connectivity index (χ1) is 9.11. The summed E-state index contributed by atoms with van der Waals surface area (Å²) >= 11 is 3.48. The highest BCUT2D eigenvalue weighted by Crippen LogP contribution is 2.30. The summed E-state index contributed by atoms with van der Waals surface area (Å²) in [4.78, 5) is 14.5. The van der Waals surface area contributed by atoms with Crippen LogP contribution in [0, 0.1) is 5.92 Å². The zero-order valence-corrected chi connectivity index (χ0v) is 13.1. The minimum absolute atomic E-state index is 0.0396. The van der Waals surface area contributed by atoms with Crippen molar-refractivity contribution in [3.63, 3.8) is 0 Å². The molecule has 3 nitrogen and oxygen atoms in total. The molecule has 1 saturated carbocycles. The van der Waals surface area contributed by atoms with Crippen LogP contribution in [0.4, 0.5) is 0 Å². The Balaban J connectivity index is 2.06. The van der Waals surface area contributed by atoms with Gasteiger partial charge in [-0.05, 0) is 37.6 Å². The molecule has 1 amide bonds. The Morgan fingerprint density at radius 3 is 2.84 bits per heavy atom. The molecule has 0 aromatic heterocycles. The van der Waals surface area contributed by atoms with Gasteiger partial charge in [0, 0.05) is 29.5 Å². The SMILES string of the molecule is CNCC(C)C(=O)N(Cc1cccc(Br)c1)C1CC1. The molecule has 1 aliphatic rings. The van der Waals surface area contributed by atoms with Crippen molar-refractivity contribution >= 4 is 21.8 Å². The van der Waals surface area contributed by atoms with E-state index in [1.807, 2.05) is 31.0 Å². The van der Waals surface area contributed by atoms with E-state index < -0.39 is 0 Å². The third kappa shape index (κ3) is 4.05. The summed E-state index contributed by atoms with van der Waals surface area (Å²) in [5, 5.41) is 3.08. The Morgan fingerprint density at radius 1 is 1.53 bits per heavy atom. The van der Waals surface area contributed by atoms with E-state index in [9.17, 15) is 4.79 Å². The molecule has 0 radical (unpaired) electrons. The molecular weight excluding hydrogens is 304 g/mol. The molecule has 1 aliphatic carbocycles. The second-order valence-electron chi connectivity index (χ2n) is 5.29. The number of carbonyl (C=O) groups excluding carboxylic acids is 1. The quantitative estimate of drug-likeness (QED) is 0.872. The monoisotopic (exact) mass is 324 g/mol. The summed E-state index contributed by atoms with van der Waals surface area (Å²) in [6.07, 6.45) is 2.29. The fourth-order valence-corrected chi connectivity index (χ4v) is 2.73. The van der Waals surface area contributed by atoms with Crippen LogP contribution in [0.5, 0.6) is 0 Å². The Morgan fingerprint density at radius 2 is 2.26 bits per heavy atom. The fraction of sp³-hybridized carbons (Fsp3) is 0.533. The number of nitrogens with one attached hydrogen (secondary N) is 1. The first-order valence-corrected chi connectivity index (χ1v) is 7.60. The highest BCUT2D eigenvalue weighted by molar-refractivity contribution is 9.10. The lowest BCUT2D eigenvalue weighted by molar-refractivity contribution is -0.136. The predicted octanol–water partition coefficient (Wildman–Crippen LogP) is 2.80. The number of hydrogen-bond acceptors (Lipinski definition) is 2. The van der Waals surface area contributed by atoms with E-state index in [0.29, 0.717) is 6.04 Å². The van der Waals surface area contributed by atoms with E-state index in [1.165, 1.54) is 5.56 Å². The number of rotatable bonds is 6. The summed E-state index contributed by atoms with van der Waals surface area (Å²) in [6.45, 7) is 3.45. The standard InChI is InChI=1S/C15H21BrN2O/c1-11(9-17-2)15(19)18(14-6-7-14)10-12-4-3-5-13(16)8-12/h3-5,8,11,14,17H,6-7,9-10H2,1-2H3. The van der Waals surface area contributed by atoms with Crippen molar-refractivity contribution in [1.29, 1.82) is 0 Å². The van der Waals surface area contributed by atoms with Crippen molar-refractivity contribution in [2.24, 2.45) is 5.92 Å². The Labute approximate surface area is 123 Å². The highest BCUT2D eigenvalue weighted by atomic mass is 79.9. The molecule has 1 unspecified atom stereocenters. The van der Waals surface area contributed by atoms with E-state index in [0.717, 1.165) is 30.4 Å². The van der Waals surface area contributed by atoms with Crippen LogP contribution in [-0.2, 0) is 11.3 Å². The molecule has 0 bridgehead atoms. The van der Waals surface area contributed by atoms with Gasteiger partial charge in [-0.2, -0.15) is 0 Å². The van der Waals surface area contributed by atoms with Gasteiger partial charge < -0.3 is 10.2 Å². The predicted molar refractivity (Wildman–Crippen MR) is 80.8 cm³/mol. The van der Waals surface area contributed by atoms with Crippen LogP contribution in [0.3, 0.4) is 0 Å². The van der Waals surface area contributed by atoms with Crippen molar-refractivity contribution in [3.8, 4) is 0 Å². The average Bonchev–Trinajstić information content (AvgIpc) is 3.20. The number of halogens is 1. The average molecular weight is 325 g/mol. The number of hydrogen-bond donors (Lipinski definition) is 1. The Bertz CT molecular complexity index is 446. The normalized spacial score (nSPS) is 16.2. The van der Waals surface area contributed by atoms with Gasteiger partial charge in [0.05, 0.1) is 0 Å². The maximum absolute atomic E-state index is 12.5. The summed E-state index contributed by atoms with van der Waals surface area (Å²) in [7, 11) is 1.89. The molecule has 19 heavy (non-hydrogen) atoms. The van der Waals surface area contributed by atoms with Crippen LogP contribution in [0.2, 0.25) is 0 Å². The number of amides is 1. The number of carbonyl (C=O) groups is 1. The number of benzene rings is 1. The molecule has 2 rings (SSSR count). The molecule has 1 atom stereocenters. The lowest BCUT2D eigenvalue weighted by atomic mass is 10.1. The third-order valence-corrected chi connectivity index (χ3v) is 3.94. The van der Waals surface area contributed by atoms with E-state index in [-0.39, 0.29) is 11.8 Å². The van der Waals surface area contributed by atoms with Crippen LogP contribution in [-0.4, -0.2) is 30.4 Å². The minimum Gasteiger partial charge on any atom is -0.335 e. The third-order valence-electron chi connectivity index (χ3n) is 3.44. The van der Waals surface area contributed by atoms with Gasteiger partial charge in [-0.3, -0.25) is 4.79 Å². The zero-order chi connectivity index (χ0) is 13.8. The van der Waals surface area contributed by atoms with Crippen molar-refractivity contribution in [1.82, 2.24) is 10.2 Å². The summed E-state index contributed by atoms with van der Waals surface area (Å²) < 4.78 is 1.07. The largest absolute Gasteiger partial charge is 0.335 e. The minimum atomic E-state index is 0.0396. The molecule has 104 valence electrons. The van der Waals surface area contributed by atoms with Crippen molar-refractivity contribution < 1.29 is 4.79 Å². The van der Waals surface area contributed by atoms with Crippen LogP contribution < -0.4 is 5.32 Å². The van der Waals surface area contributed by atoms with Crippen molar-refractivity contribution in [2.75, 3.05) is 13.6 Å². The van der Waals surface area contributed by atoms with Crippen molar-refractivity contribution in [3.05, 3.63) is 34.3 Å². The van der Waals surface area contributed by atoms with Crippen LogP contribution in [0.25, 0.3) is 0 Å². The maximum atomic E-state index is 12.5. The molecule has 1 aromatic rings. The van der Waals surface area contributed by atoms with E-state index >= 15 is 0 Å². The van der Waals surface area contributed by atoms with E-state index in [4.69, 9.17) is 0 Å². The second-order valence-corrected chi connectivity index (χ2v) is 6.20. The summed E-state index contributed by atoms with van der Waals surface area (Å²) in [5.74, 6) is 0.301. The maximum Gasteiger partial charge on any atom is 0.227 e. The van der Waals surface area contributed by atoms with Gasteiger partial charge in [0.1, 0.15) is 0 Å². The fourth-order valence-electron chi connectivity index (χ4n) is 2.28. The molecular formula is C15H21BrN2O. The van der Waals surface area contributed by atoms with Gasteiger partial charge in [-0.15, -0.1) is 0 Å². The van der Waals surface area contributed by atoms with Crippen LogP contribution in [0.15, 0.2) is 28.7 Å². The molecule has 0 aliphatic heterocycles. The summed E-state index contributed by atoms with van der Waals surface area (Å²) in [6, 6.07) is 8.65. The zero-order valence-electron chi connectivity index (χ0n) is 11.5. The lowest BCUT2D eigenvalue weighted by Crippen LogP contribution is -2.39. The molecule has 1 aromatic carbocycles. The number of nitrogens with zero attached hydrogens (tertiary/aromatic N) is 1. The first kappa shape index (κ1) is 14.5. The molecule has 1 N–H and O–H groups in total. The summed E-state index contributed by atoms with van der Waals surface area (Å²) in [5.41, 5.74) is 1.19. The molecule has 0 spiro atoms. The molecule has 4 heteroatoms. The Hall–Kier alpha value is -0.870. The van der Waals surface area contributed by atoms with Gasteiger partial charge in [-0.25, -0.2) is 0 Å². The molecule has 0 saturated heterocycles. The second kappa shape index (κ2) is 6.53. The first-order valence-electron chi connectivity index (χ1n) is 6.81. The van der Waals surface area contributed by atoms with Gasteiger partial charge in [-0.1, -0.05) is 35.0 Å². The van der Waals surface area contributed by atoms with Crippen LogP contribution >= 0.6 is 15.9 Å². The highest BCUT2D eigenvalue weighted by Gasteiger charge is 2.34. The van der Waals surface area contributed by atoms with Gasteiger partial charge in [0.2, 0.25) is 5.91 Å². The Kier molecular flexibility index (Phi) is 4.99. The van der Waals surface area contributed by atoms with Gasteiger partial charge in [0.25, 0.3) is 0 Å². The molecule has 1 fully saturated rings. The molecule has 0 heterocycles. The van der Waals surface area contributed by atoms with E-state index in [1.54, 1.807) is 0 Å². The van der Waals surface area contributed by atoms with E-state index in [2.05, 4.69) is 33.4 Å². The van der Waals surface area contributed by atoms with Gasteiger partial charge >= 0.3 is 0 Å².